The normalized spacial score (nSPS) is 16.3. The summed E-state index contributed by atoms with van der Waals surface area (Å²) in [6.07, 6.45) is 1.59. The van der Waals surface area contributed by atoms with E-state index >= 15 is 0 Å². The lowest BCUT2D eigenvalue weighted by atomic mass is 10.1. The first kappa shape index (κ1) is 22.4. The van der Waals surface area contributed by atoms with Crippen molar-refractivity contribution < 1.29 is 9.13 Å². The van der Waals surface area contributed by atoms with E-state index in [-0.39, 0.29) is 22.2 Å². The van der Waals surface area contributed by atoms with Crippen molar-refractivity contribution >= 4 is 28.3 Å². The van der Waals surface area contributed by atoms with E-state index in [9.17, 15) is 9.18 Å². The van der Waals surface area contributed by atoms with Crippen LogP contribution in [-0.2, 0) is 11.8 Å². The van der Waals surface area contributed by atoms with Gasteiger partial charge >= 0.3 is 0 Å². The van der Waals surface area contributed by atoms with Crippen molar-refractivity contribution in [3.63, 3.8) is 0 Å². The minimum Gasteiger partial charge on any atom is -0.370 e. The van der Waals surface area contributed by atoms with Crippen LogP contribution in [0.15, 0.2) is 47.4 Å². The molecule has 4 aromatic rings. The second-order valence-electron chi connectivity index (χ2n) is 8.41. The smallest absolute Gasteiger partial charge is 0.261 e. The number of hydrogen-bond acceptors (Lipinski definition) is 6. The SMILES string of the molecule is Cc1cc(C2CN(c3cc4c(=O)n(C)c(C)nc4c(-c4ccc(Cl)cc4F)n3)CCO2)ccn1. The number of benzene rings is 1. The highest BCUT2D eigenvalue weighted by Gasteiger charge is 2.26. The van der Waals surface area contributed by atoms with Gasteiger partial charge in [-0.2, -0.15) is 0 Å². The fraction of sp³-hybridized carbons (Fsp3) is 0.280. The van der Waals surface area contributed by atoms with Crippen LogP contribution in [0.3, 0.4) is 0 Å². The van der Waals surface area contributed by atoms with Crippen molar-refractivity contribution in [1.29, 1.82) is 0 Å². The second kappa shape index (κ2) is 8.77. The van der Waals surface area contributed by atoms with Crippen molar-refractivity contribution in [3.8, 4) is 11.3 Å². The largest absolute Gasteiger partial charge is 0.370 e. The van der Waals surface area contributed by atoms with Crippen LogP contribution in [0.2, 0.25) is 5.02 Å². The molecule has 0 amide bonds. The molecule has 7 nitrogen and oxygen atoms in total. The van der Waals surface area contributed by atoms with Gasteiger partial charge in [0.2, 0.25) is 0 Å². The zero-order valence-corrected chi connectivity index (χ0v) is 19.8. The summed E-state index contributed by atoms with van der Waals surface area (Å²) in [5.74, 6) is 0.562. The number of aromatic nitrogens is 4. The summed E-state index contributed by atoms with van der Waals surface area (Å²) in [4.78, 5) is 28.9. The molecule has 1 fully saturated rings. The summed E-state index contributed by atoms with van der Waals surface area (Å²) in [6, 6.07) is 10.1. The molecule has 0 radical (unpaired) electrons. The van der Waals surface area contributed by atoms with E-state index in [0.717, 1.165) is 11.3 Å². The summed E-state index contributed by atoms with van der Waals surface area (Å²) in [5, 5.41) is 0.663. The lowest BCUT2D eigenvalue weighted by Gasteiger charge is -2.34. The first-order valence-corrected chi connectivity index (χ1v) is 11.3. The van der Waals surface area contributed by atoms with Crippen molar-refractivity contribution in [2.75, 3.05) is 24.6 Å². The molecular weight excluding hydrogens is 457 g/mol. The highest BCUT2D eigenvalue weighted by Crippen LogP contribution is 2.33. The number of rotatable bonds is 3. The van der Waals surface area contributed by atoms with Gasteiger partial charge in [0.1, 0.15) is 34.8 Å². The van der Waals surface area contributed by atoms with Crippen LogP contribution in [0.4, 0.5) is 10.2 Å². The van der Waals surface area contributed by atoms with Gasteiger partial charge in [-0.1, -0.05) is 11.6 Å². The first-order chi connectivity index (χ1) is 16.3. The van der Waals surface area contributed by atoms with Crippen molar-refractivity contribution in [2.24, 2.45) is 7.05 Å². The van der Waals surface area contributed by atoms with Crippen LogP contribution in [0.5, 0.6) is 0 Å². The van der Waals surface area contributed by atoms with Gasteiger partial charge < -0.3 is 9.64 Å². The molecule has 0 aliphatic carbocycles. The molecule has 1 aliphatic rings. The zero-order valence-electron chi connectivity index (χ0n) is 19.0. The molecule has 0 bridgehead atoms. The highest BCUT2D eigenvalue weighted by atomic mass is 35.5. The van der Waals surface area contributed by atoms with E-state index in [1.165, 1.54) is 10.6 Å². The lowest BCUT2D eigenvalue weighted by Crippen LogP contribution is -2.39. The van der Waals surface area contributed by atoms with Crippen molar-refractivity contribution in [1.82, 2.24) is 19.5 Å². The number of nitrogens with zero attached hydrogens (tertiary/aromatic N) is 5. The molecule has 34 heavy (non-hydrogen) atoms. The summed E-state index contributed by atoms with van der Waals surface area (Å²) in [5.41, 5.74) is 2.63. The molecule has 3 aromatic heterocycles. The number of morpholine rings is 1. The van der Waals surface area contributed by atoms with Gasteiger partial charge in [-0.05, 0) is 55.8 Å². The maximum absolute atomic E-state index is 15.0. The Morgan fingerprint density at radius 1 is 1.15 bits per heavy atom. The van der Waals surface area contributed by atoms with E-state index in [4.69, 9.17) is 21.3 Å². The average molecular weight is 480 g/mol. The molecule has 1 aromatic carbocycles. The van der Waals surface area contributed by atoms with Gasteiger partial charge in [-0.25, -0.2) is 14.4 Å². The Morgan fingerprint density at radius 3 is 2.74 bits per heavy atom. The Morgan fingerprint density at radius 2 is 1.97 bits per heavy atom. The van der Waals surface area contributed by atoms with Gasteiger partial charge in [-0.15, -0.1) is 0 Å². The molecule has 1 unspecified atom stereocenters. The van der Waals surface area contributed by atoms with Gasteiger partial charge in [0, 0.05) is 42.6 Å². The predicted molar refractivity (Wildman–Crippen MR) is 130 cm³/mol. The van der Waals surface area contributed by atoms with Crippen LogP contribution >= 0.6 is 11.6 Å². The van der Waals surface area contributed by atoms with Crippen molar-refractivity contribution in [3.05, 3.63) is 80.9 Å². The first-order valence-electron chi connectivity index (χ1n) is 10.9. The third-order valence-corrected chi connectivity index (χ3v) is 6.38. The molecule has 0 saturated carbocycles. The number of fused-ring (bicyclic) bond motifs is 1. The zero-order chi connectivity index (χ0) is 24.0. The summed E-state index contributed by atoms with van der Waals surface area (Å²) in [6.45, 7) is 5.28. The summed E-state index contributed by atoms with van der Waals surface area (Å²) in [7, 11) is 1.67. The van der Waals surface area contributed by atoms with E-state index in [2.05, 4.69) is 14.9 Å². The Balaban J connectivity index is 1.66. The van der Waals surface area contributed by atoms with E-state index in [1.807, 2.05) is 19.1 Å². The minimum atomic E-state index is -0.523. The van der Waals surface area contributed by atoms with Gasteiger partial charge in [0.15, 0.2) is 0 Å². The average Bonchev–Trinajstić information content (AvgIpc) is 2.82. The summed E-state index contributed by atoms with van der Waals surface area (Å²) < 4.78 is 22.5. The number of ether oxygens (including phenoxy) is 1. The monoisotopic (exact) mass is 479 g/mol. The highest BCUT2D eigenvalue weighted by molar-refractivity contribution is 6.30. The molecule has 0 spiro atoms. The fourth-order valence-electron chi connectivity index (χ4n) is 4.22. The maximum Gasteiger partial charge on any atom is 0.261 e. The Kier molecular flexibility index (Phi) is 5.79. The summed E-state index contributed by atoms with van der Waals surface area (Å²) >= 11 is 5.98. The fourth-order valence-corrected chi connectivity index (χ4v) is 4.38. The molecule has 174 valence electrons. The van der Waals surface area contributed by atoms with Crippen LogP contribution < -0.4 is 10.5 Å². The Labute approximate surface area is 200 Å². The predicted octanol–water partition coefficient (Wildman–Crippen LogP) is 4.38. The maximum atomic E-state index is 15.0. The Hall–Kier alpha value is -3.36. The molecular formula is C25H23ClFN5O2. The standard InChI is InChI=1S/C25H23ClFN5O2/c1-14-10-16(6-7-28-14)21-13-32(8-9-34-21)22-12-19-24(29-15(2)31(3)25(19)33)23(30-22)18-5-4-17(26)11-20(18)27/h4-7,10-12,21H,8-9,13H2,1-3H3. The molecule has 0 N–H and O–H groups in total. The number of pyridine rings is 2. The molecule has 1 saturated heterocycles. The van der Waals surface area contributed by atoms with Gasteiger partial charge in [0.05, 0.1) is 12.0 Å². The number of aryl methyl sites for hydroxylation is 2. The molecule has 1 aliphatic heterocycles. The lowest BCUT2D eigenvalue weighted by molar-refractivity contribution is 0.0394. The number of anilines is 1. The Bertz CT molecular complexity index is 1470. The van der Waals surface area contributed by atoms with E-state index in [0.29, 0.717) is 47.9 Å². The topological polar surface area (TPSA) is 73.1 Å². The minimum absolute atomic E-state index is 0.178. The number of hydrogen-bond donors (Lipinski definition) is 0. The van der Waals surface area contributed by atoms with E-state index in [1.54, 1.807) is 38.4 Å². The molecule has 1 atom stereocenters. The van der Waals surface area contributed by atoms with Crippen LogP contribution in [0.1, 0.15) is 23.2 Å². The van der Waals surface area contributed by atoms with Gasteiger partial charge in [0.25, 0.3) is 5.56 Å². The number of halogens is 2. The molecule has 9 heteroatoms. The van der Waals surface area contributed by atoms with Crippen LogP contribution in [0, 0.1) is 19.7 Å². The van der Waals surface area contributed by atoms with Crippen LogP contribution in [0.25, 0.3) is 22.2 Å². The van der Waals surface area contributed by atoms with Crippen molar-refractivity contribution in [2.45, 2.75) is 20.0 Å². The second-order valence-corrected chi connectivity index (χ2v) is 8.85. The third kappa shape index (κ3) is 4.03. The molecule has 4 heterocycles. The third-order valence-electron chi connectivity index (χ3n) is 6.14. The van der Waals surface area contributed by atoms with Crippen LogP contribution in [-0.4, -0.2) is 39.2 Å². The van der Waals surface area contributed by atoms with E-state index < -0.39 is 5.82 Å². The molecule has 5 rings (SSSR count). The quantitative estimate of drug-likeness (QED) is 0.434. The van der Waals surface area contributed by atoms with Gasteiger partial charge in [-0.3, -0.25) is 14.3 Å².